The Balaban J connectivity index is 1.73. The first kappa shape index (κ1) is 14.2. The molecule has 0 saturated carbocycles. The molecule has 0 unspecified atom stereocenters. The Labute approximate surface area is 123 Å². The van der Waals surface area contributed by atoms with E-state index in [1.54, 1.807) is 7.11 Å². The highest BCUT2D eigenvalue weighted by Crippen LogP contribution is 2.40. The fourth-order valence-electron chi connectivity index (χ4n) is 3.52. The van der Waals surface area contributed by atoms with Crippen LogP contribution in [0.15, 0.2) is 24.3 Å². The number of methoxy groups -OCH3 is 1. The first-order valence-corrected chi connectivity index (χ1v) is 7.06. The molecule has 6 heteroatoms. The minimum Gasteiger partial charge on any atom is -0.497 e. The van der Waals surface area contributed by atoms with Gasteiger partial charge >= 0.3 is 6.09 Å². The second-order valence-corrected chi connectivity index (χ2v) is 5.88. The van der Waals surface area contributed by atoms with Crippen molar-refractivity contribution in [2.75, 3.05) is 26.8 Å². The van der Waals surface area contributed by atoms with E-state index in [9.17, 15) is 15.0 Å². The number of carboxylic acid groups (broad SMARTS) is 1. The number of fused-ring (bicyclic) bond motifs is 2. The van der Waals surface area contributed by atoms with Crippen LogP contribution in [0.25, 0.3) is 0 Å². The van der Waals surface area contributed by atoms with Crippen molar-refractivity contribution >= 4 is 6.09 Å². The normalized spacial score (nSPS) is 28.1. The van der Waals surface area contributed by atoms with Gasteiger partial charge in [-0.2, -0.15) is 0 Å². The van der Waals surface area contributed by atoms with Gasteiger partial charge in [-0.05, 0) is 24.1 Å². The molecule has 2 bridgehead atoms. The molecule has 0 radical (unpaired) electrons. The zero-order valence-corrected chi connectivity index (χ0v) is 12.0. The lowest BCUT2D eigenvalue weighted by atomic mass is 9.99. The Bertz CT molecular complexity index is 533. The van der Waals surface area contributed by atoms with Crippen molar-refractivity contribution in [3.05, 3.63) is 29.8 Å². The van der Waals surface area contributed by atoms with Gasteiger partial charge in [-0.15, -0.1) is 0 Å². The maximum Gasteiger partial charge on any atom is 0.407 e. The number of rotatable bonds is 4. The predicted molar refractivity (Wildman–Crippen MR) is 76.4 cm³/mol. The van der Waals surface area contributed by atoms with Gasteiger partial charge in [-0.25, -0.2) is 4.79 Å². The number of benzene rings is 1. The van der Waals surface area contributed by atoms with Gasteiger partial charge in [0.2, 0.25) is 0 Å². The van der Waals surface area contributed by atoms with E-state index in [0.29, 0.717) is 26.1 Å². The monoisotopic (exact) mass is 292 g/mol. The van der Waals surface area contributed by atoms with Crippen molar-refractivity contribution in [3.63, 3.8) is 0 Å². The molecule has 2 fully saturated rings. The highest BCUT2D eigenvalue weighted by Gasteiger charge is 2.55. The Morgan fingerprint density at radius 1 is 1.43 bits per heavy atom. The lowest BCUT2D eigenvalue weighted by molar-refractivity contribution is 0.0219. The van der Waals surface area contributed by atoms with E-state index in [1.807, 2.05) is 24.3 Å². The summed E-state index contributed by atoms with van der Waals surface area (Å²) in [6.07, 6.45) is -0.175. The van der Waals surface area contributed by atoms with Gasteiger partial charge in [0, 0.05) is 25.7 Å². The molecule has 0 aliphatic carbocycles. The SMILES string of the molecule is COc1ccc(CN2C[C@@H]3C[C@@]2(CO)CN3C(=O)O)cc1. The van der Waals surface area contributed by atoms with Crippen molar-refractivity contribution in [1.29, 1.82) is 0 Å². The van der Waals surface area contributed by atoms with E-state index in [2.05, 4.69) is 4.90 Å². The van der Waals surface area contributed by atoms with Crippen LogP contribution in [0.1, 0.15) is 12.0 Å². The standard InChI is InChI=1S/C15H20N2O4/c1-21-13-4-2-11(3-5-13)7-16-8-12-6-15(16,10-18)9-17(12)14(19)20/h2-5,12,18H,6-10H2,1H3,(H,19,20)/t12-,15-/m0/s1. The van der Waals surface area contributed by atoms with Crippen LogP contribution in [-0.2, 0) is 6.54 Å². The fourth-order valence-corrected chi connectivity index (χ4v) is 3.52. The van der Waals surface area contributed by atoms with E-state index in [0.717, 1.165) is 11.3 Å². The van der Waals surface area contributed by atoms with Crippen LogP contribution < -0.4 is 4.74 Å². The maximum atomic E-state index is 11.2. The van der Waals surface area contributed by atoms with Crippen LogP contribution in [0.2, 0.25) is 0 Å². The summed E-state index contributed by atoms with van der Waals surface area (Å²) >= 11 is 0. The fraction of sp³-hybridized carbons (Fsp3) is 0.533. The summed E-state index contributed by atoms with van der Waals surface area (Å²) in [7, 11) is 1.63. The number of nitrogens with zero attached hydrogens (tertiary/aromatic N) is 2. The van der Waals surface area contributed by atoms with Gasteiger partial charge in [0.25, 0.3) is 0 Å². The minimum atomic E-state index is -0.889. The number of aliphatic hydroxyl groups is 1. The molecule has 6 nitrogen and oxygen atoms in total. The largest absolute Gasteiger partial charge is 0.497 e. The molecule has 1 aromatic carbocycles. The molecular formula is C15H20N2O4. The first-order valence-electron chi connectivity index (χ1n) is 7.06. The summed E-state index contributed by atoms with van der Waals surface area (Å²) in [5.74, 6) is 0.815. The molecule has 2 heterocycles. The summed E-state index contributed by atoms with van der Waals surface area (Å²) in [5.41, 5.74) is 0.709. The molecule has 2 saturated heterocycles. The van der Waals surface area contributed by atoms with Gasteiger partial charge in [-0.3, -0.25) is 4.90 Å². The van der Waals surface area contributed by atoms with E-state index < -0.39 is 11.6 Å². The van der Waals surface area contributed by atoms with Crippen LogP contribution in [-0.4, -0.2) is 64.5 Å². The van der Waals surface area contributed by atoms with Crippen LogP contribution in [0.3, 0.4) is 0 Å². The maximum absolute atomic E-state index is 11.2. The Hall–Kier alpha value is -1.79. The lowest BCUT2D eigenvalue weighted by Gasteiger charge is -2.40. The number of aliphatic hydroxyl groups excluding tert-OH is 1. The minimum absolute atomic E-state index is 0.00658. The van der Waals surface area contributed by atoms with Gasteiger partial charge in [0.05, 0.1) is 19.3 Å². The van der Waals surface area contributed by atoms with E-state index >= 15 is 0 Å². The Morgan fingerprint density at radius 2 is 2.14 bits per heavy atom. The van der Waals surface area contributed by atoms with Crippen LogP contribution >= 0.6 is 0 Å². The van der Waals surface area contributed by atoms with Crippen molar-refractivity contribution in [2.45, 2.75) is 24.5 Å². The lowest BCUT2D eigenvalue weighted by Crippen LogP contribution is -2.56. The third-order valence-corrected chi connectivity index (χ3v) is 4.70. The number of ether oxygens (including phenoxy) is 1. The topological polar surface area (TPSA) is 73.2 Å². The average molecular weight is 292 g/mol. The summed E-state index contributed by atoms with van der Waals surface area (Å²) in [6, 6.07) is 7.83. The van der Waals surface area contributed by atoms with Gasteiger partial charge in [0.15, 0.2) is 0 Å². The number of hydrogen-bond acceptors (Lipinski definition) is 4. The first-order chi connectivity index (χ1) is 10.1. The molecule has 0 aromatic heterocycles. The Morgan fingerprint density at radius 3 is 2.71 bits per heavy atom. The van der Waals surface area contributed by atoms with Crippen LogP contribution in [0, 0.1) is 0 Å². The van der Waals surface area contributed by atoms with Gasteiger partial charge in [-0.1, -0.05) is 12.1 Å². The zero-order valence-electron chi connectivity index (χ0n) is 12.0. The smallest absolute Gasteiger partial charge is 0.407 e. The zero-order chi connectivity index (χ0) is 15.0. The molecule has 2 N–H and O–H groups in total. The van der Waals surface area contributed by atoms with Crippen molar-refractivity contribution in [2.24, 2.45) is 0 Å². The van der Waals surface area contributed by atoms with Crippen molar-refractivity contribution in [1.82, 2.24) is 9.80 Å². The highest BCUT2D eigenvalue weighted by molar-refractivity contribution is 5.66. The molecule has 3 rings (SSSR count). The number of amides is 1. The molecule has 1 amide bonds. The summed E-state index contributed by atoms with van der Waals surface area (Å²) < 4.78 is 5.14. The van der Waals surface area contributed by atoms with E-state index in [4.69, 9.17) is 4.74 Å². The predicted octanol–water partition coefficient (Wildman–Crippen LogP) is 0.994. The van der Waals surface area contributed by atoms with Crippen molar-refractivity contribution < 1.29 is 19.7 Å². The molecule has 0 spiro atoms. The molecule has 21 heavy (non-hydrogen) atoms. The molecule has 114 valence electrons. The number of likely N-dealkylation sites (tertiary alicyclic amines) is 2. The van der Waals surface area contributed by atoms with E-state index in [1.165, 1.54) is 4.90 Å². The number of piperazine rings is 1. The van der Waals surface area contributed by atoms with Crippen LogP contribution in [0.4, 0.5) is 4.79 Å². The quantitative estimate of drug-likeness (QED) is 0.866. The second kappa shape index (κ2) is 5.20. The second-order valence-electron chi connectivity index (χ2n) is 5.88. The summed E-state index contributed by atoms with van der Waals surface area (Å²) in [6.45, 7) is 1.77. The molecule has 2 atom stereocenters. The average Bonchev–Trinajstić information content (AvgIpc) is 3.04. The third kappa shape index (κ3) is 2.34. The van der Waals surface area contributed by atoms with Crippen molar-refractivity contribution in [3.8, 4) is 5.75 Å². The number of hydrogen-bond donors (Lipinski definition) is 2. The third-order valence-electron chi connectivity index (χ3n) is 4.70. The highest BCUT2D eigenvalue weighted by atomic mass is 16.5. The van der Waals surface area contributed by atoms with E-state index in [-0.39, 0.29) is 12.6 Å². The molecule has 1 aromatic rings. The molecule has 2 aliphatic heterocycles. The van der Waals surface area contributed by atoms with Crippen LogP contribution in [0.5, 0.6) is 5.75 Å². The summed E-state index contributed by atoms with van der Waals surface area (Å²) in [5, 5.41) is 19.0. The summed E-state index contributed by atoms with van der Waals surface area (Å²) in [4.78, 5) is 14.9. The van der Waals surface area contributed by atoms with Gasteiger partial charge < -0.3 is 19.8 Å². The molecular weight excluding hydrogens is 272 g/mol. The molecule has 2 aliphatic rings. The number of carbonyl (C=O) groups is 1. The van der Waals surface area contributed by atoms with Gasteiger partial charge in [0.1, 0.15) is 5.75 Å². The Kier molecular flexibility index (Phi) is 3.51.